The zero-order chi connectivity index (χ0) is 22.1. The van der Waals surface area contributed by atoms with Crippen molar-refractivity contribution in [1.82, 2.24) is 29.9 Å². The lowest BCUT2D eigenvalue weighted by Crippen LogP contribution is -2.19. The summed E-state index contributed by atoms with van der Waals surface area (Å²) >= 11 is 0. The number of hydrogen-bond acceptors (Lipinski definition) is 9. The number of hydrogen-bond donors (Lipinski definition) is 2. The number of rotatable bonds is 4. The van der Waals surface area contributed by atoms with Crippen LogP contribution in [-0.2, 0) is 0 Å². The molecule has 0 spiro atoms. The zero-order valence-corrected chi connectivity index (χ0v) is 16.2. The van der Waals surface area contributed by atoms with Crippen LogP contribution in [-0.4, -0.2) is 35.8 Å². The average molecular weight is 428 g/mol. The van der Waals surface area contributed by atoms with E-state index in [1.165, 1.54) is 18.7 Å². The molecule has 0 aliphatic rings. The van der Waals surface area contributed by atoms with E-state index < -0.39 is 11.9 Å². The number of amides is 1. The normalized spacial score (nSPS) is 10.9. The van der Waals surface area contributed by atoms with Gasteiger partial charge in [0.1, 0.15) is 12.0 Å². The van der Waals surface area contributed by atoms with Gasteiger partial charge in [-0.2, -0.15) is 4.39 Å². The van der Waals surface area contributed by atoms with Gasteiger partial charge in [0, 0.05) is 29.5 Å². The van der Waals surface area contributed by atoms with Crippen molar-refractivity contribution in [2.45, 2.75) is 0 Å². The van der Waals surface area contributed by atoms with E-state index in [0.29, 0.717) is 11.3 Å². The van der Waals surface area contributed by atoms with Crippen molar-refractivity contribution in [3.05, 3.63) is 73.0 Å². The third-order valence-corrected chi connectivity index (χ3v) is 4.53. The predicted molar refractivity (Wildman–Crippen MR) is 113 cm³/mol. The van der Waals surface area contributed by atoms with Crippen molar-refractivity contribution < 1.29 is 13.6 Å². The van der Waals surface area contributed by atoms with Gasteiger partial charge in [-0.25, -0.2) is 24.9 Å². The van der Waals surface area contributed by atoms with E-state index in [1.807, 2.05) is 24.3 Å². The molecule has 0 aliphatic heterocycles. The number of carbonyl (C=O) groups excluding carboxylic acids is 1. The summed E-state index contributed by atoms with van der Waals surface area (Å²) in [5.41, 5.74) is 7.76. The van der Waals surface area contributed by atoms with E-state index in [1.54, 1.807) is 12.3 Å². The van der Waals surface area contributed by atoms with Crippen molar-refractivity contribution in [2.24, 2.45) is 0 Å². The Balaban J connectivity index is 1.65. The van der Waals surface area contributed by atoms with E-state index in [9.17, 15) is 9.18 Å². The summed E-state index contributed by atoms with van der Waals surface area (Å²) in [6.07, 6.45) is 6.94. The summed E-state index contributed by atoms with van der Waals surface area (Å²) in [4.78, 5) is 37.2. The first-order valence-corrected chi connectivity index (χ1v) is 9.30. The molecule has 0 saturated heterocycles. The van der Waals surface area contributed by atoms with E-state index in [0.717, 1.165) is 17.1 Å². The summed E-state index contributed by atoms with van der Waals surface area (Å²) in [7, 11) is 0. The number of carbonyl (C=O) groups is 1. The van der Waals surface area contributed by atoms with Crippen molar-refractivity contribution >= 4 is 28.4 Å². The van der Waals surface area contributed by atoms with Gasteiger partial charge in [0.2, 0.25) is 5.89 Å². The summed E-state index contributed by atoms with van der Waals surface area (Å²) in [6, 6.07) is 9.15. The van der Waals surface area contributed by atoms with Gasteiger partial charge < -0.3 is 15.5 Å². The number of nitrogens with zero attached hydrogens (tertiary/aromatic N) is 6. The average Bonchev–Trinajstić information content (AvgIpc) is 3.35. The minimum absolute atomic E-state index is 0.178. The first kappa shape index (κ1) is 19.2. The van der Waals surface area contributed by atoms with Gasteiger partial charge in [-0.3, -0.25) is 9.78 Å². The van der Waals surface area contributed by atoms with Crippen LogP contribution in [0.4, 0.5) is 16.0 Å². The van der Waals surface area contributed by atoms with E-state index in [4.69, 9.17) is 10.2 Å². The van der Waals surface area contributed by atoms with Crippen LogP contribution in [0.2, 0.25) is 0 Å². The number of aromatic nitrogens is 6. The van der Waals surface area contributed by atoms with Crippen molar-refractivity contribution in [3.63, 3.8) is 0 Å². The maximum absolute atomic E-state index is 13.8. The van der Waals surface area contributed by atoms with Crippen molar-refractivity contribution in [1.29, 1.82) is 0 Å². The number of halogens is 1. The molecule has 32 heavy (non-hydrogen) atoms. The van der Waals surface area contributed by atoms with E-state index in [2.05, 4.69) is 35.2 Å². The van der Waals surface area contributed by atoms with Crippen LogP contribution < -0.4 is 11.1 Å². The number of pyridine rings is 1. The van der Waals surface area contributed by atoms with Crippen molar-refractivity contribution in [3.8, 4) is 22.8 Å². The molecule has 0 bridgehead atoms. The summed E-state index contributed by atoms with van der Waals surface area (Å²) in [6.45, 7) is 0. The molecule has 0 unspecified atom stereocenters. The van der Waals surface area contributed by atoms with E-state index in [-0.39, 0.29) is 28.9 Å². The van der Waals surface area contributed by atoms with Gasteiger partial charge in [-0.1, -0.05) is 12.1 Å². The van der Waals surface area contributed by atoms with Crippen LogP contribution in [0.5, 0.6) is 0 Å². The van der Waals surface area contributed by atoms with Crippen LogP contribution >= 0.6 is 0 Å². The molecule has 0 radical (unpaired) electrons. The van der Waals surface area contributed by atoms with E-state index >= 15 is 0 Å². The number of anilines is 2. The topological polar surface area (TPSA) is 146 Å². The molecule has 4 heterocycles. The second-order valence-corrected chi connectivity index (χ2v) is 6.55. The minimum atomic E-state index is -0.939. The largest absolute Gasteiger partial charge is 0.443 e. The van der Waals surface area contributed by atoms with Crippen molar-refractivity contribution in [2.75, 3.05) is 11.1 Å². The fourth-order valence-electron chi connectivity index (χ4n) is 3.10. The first-order valence-electron chi connectivity index (χ1n) is 9.30. The number of fused-ring (bicyclic) bond motifs is 1. The molecule has 0 saturated carbocycles. The molecule has 11 heteroatoms. The Morgan fingerprint density at radius 2 is 1.84 bits per heavy atom. The second kappa shape index (κ2) is 7.80. The Kier molecular flexibility index (Phi) is 4.67. The summed E-state index contributed by atoms with van der Waals surface area (Å²) in [5.74, 6) is -2.10. The lowest BCUT2D eigenvalue weighted by atomic mass is 10.1. The molecule has 3 N–H and O–H groups in total. The lowest BCUT2D eigenvalue weighted by Gasteiger charge is -2.11. The molecule has 4 aromatic heterocycles. The predicted octanol–water partition coefficient (Wildman–Crippen LogP) is 3.11. The maximum atomic E-state index is 13.8. The Labute approximate surface area is 179 Å². The Bertz CT molecular complexity index is 1460. The molecule has 0 atom stereocenters. The standard InChI is InChI=1S/C21H13FN8O2/c22-17-19(26-7-6-25-17)30-20(31)16-18(23)29-15(21-27-8-9-32-21)14(28-16)12-3-4-13-11(10-12)2-1-5-24-13/h1-10H,(H2,23,29)(H,26,30,31). The van der Waals surface area contributed by atoms with Crippen LogP contribution in [0.1, 0.15) is 10.5 Å². The number of nitrogen functional groups attached to an aromatic ring is 1. The highest BCUT2D eigenvalue weighted by Gasteiger charge is 2.23. The fourth-order valence-corrected chi connectivity index (χ4v) is 3.10. The summed E-state index contributed by atoms with van der Waals surface area (Å²) < 4.78 is 19.2. The molecule has 156 valence electrons. The summed E-state index contributed by atoms with van der Waals surface area (Å²) in [5, 5.41) is 3.17. The highest BCUT2D eigenvalue weighted by molar-refractivity contribution is 6.06. The van der Waals surface area contributed by atoms with Crippen LogP contribution in [0.15, 0.2) is 65.8 Å². The second-order valence-electron chi connectivity index (χ2n) is 6.55. The molecule has 0 aliphatic carbocycles. The molecule has 0 fully saturated rings. The number of nitrogens with two attached hydrogens (primary N) is 1. The molecule has 5 aromatic rings. The van der Waals surface area contributed by atoms with Crippen LogP contribution in [0.25, 0.3) is 33.7 Å². The van der Waals surface area contributed by atoms with Gasteiger partial charge >= 0.3 is 0 Å². The molecular weight excluding hydrogens is 415 g/mol. The van der Waals surface area contributed by atoms with Gasteiger partial charge in [0.15, 0.2) is 23.0 Å². The van der Waals surface area contributed by atoms with Crippen LogP contribution in [0.3, 0.4) is 0 Å². The highest BCUT2D eigenvalue weighted by Crippen LogP contribution is 2.31. The van der Waals surface area contributed by atoms with Gasteiger partial charge in [0.25, 0.3) is 11.9 Å². The molecule has 10 nitrogen and oxygen atoms in total. The van der Waals surface area contributed by atoms with Gasteiger partial charge in [-0.15, -0.1) is 0 Å². The molecular formula is C21H13FN8O2. The highest BCUT2D eigenvalue weighted by atomic mass is 19.1. The third kappa shape index (κ3) is 3.47. The zero-order valence-electron chi connectivity index (χ0n) is 16.2. The Morgan fingerprint density at radius 3 is 2.66 bits per heavy atom. The quantitative estimate of drug-likeness (QED) is 0.441. The Morgan fingerprint density at radius 1 is 0.969 bits per heavy atom. The number of benzene rings is 1. The Hall–Kier alpha value is -4.80. The minimum Gasteiger partial charge on any atom is -0.443 e. The molecule has 1 amide bonds. The SMILES string of the molecule is Nc1nc(-c2ncco2)c(-c2ccc3ncccc3c2)nc1C(=O)Nc1nccnc1F. The third-order valence-electron chi connectivity index (χ3n) is 4.53. The van der Waals surface area contributed by atoms with Gasteiger partial charge in [-0.05, 0) is 18.2 Å². The number of oxazole rings is 1. The number of nitrogens with one attached hydrogen (secondary N) is 1. The van der Waals surface area contributed by atoms with Crippen LogP contribution in [0, 0.1) is 5.95 Å². The monoisotopic (exact) mass is 428 g/mol. The lowest BCUT2D eigenvalue weighted by molar-refractivity contribution is 0.102. The fraction of sp³-hybridized carbons (Fsp3) is 0. The maximum Gasteiger partial charge on any atom is 0.279 e. The smallest absolute Gasteiger partial charge is 0.279 e. The molecule has 1 aromatic carbocycles. The van der Waals surface area contributed by atoms with Gasteiger partial charge in [0.05, 0.1) is 11.7 Å². The first-order chi connectivity index (χ1) is 15.6. The molecule has 5 rings (SSSR count).